The van der Waals surface area contributed by atoms with E-state index < -0.39 is 5.97 Å². The van der Waals surface area contributed by atoms with Gasteiger partial charge in [-0.3, -0.25) is 0 Å². The van der Waals surface area contributed by atoms with E-state index >= 15 is 0 Å². The molecule has 128 valence electrons. The van der Waals surface area contributed by atoms with Crippen LogP contribution in [0.3, 0.4) is 0 Å². The normalized spacial score (nSPS) is 9.57. The van der Waals surface area contributed by atoms with Crippen LogP contribution in [-0.4, -0.2) is 36.6 Å². The Labute approximate surface area is 142 Å². The number of hydrogen-bond acceptors (Lipinski definition) is 2. The van der Waals surface area contributed by atoms with Crippen LogP contribution in [0.15, 0.2) is 12.2 Å². The maximum absolute atomic E-state index is 9.83. The highest BCUT2D eigenvalue weighted by atomic mass is 79.9. The molecule has 0 unspecified atom stereocenters. The van der Waals surface area contributed by atoms with E-state index in [1.54, 1.807) is 6.92 Å². The van der Waals surface area contributed by atoms with Crippen molar-refractivity contribution in [2.75, 3.05) is 20.6 Å². The topological polar surface area (TPSA) is 40.5 Å². The third-order valence-electron chi connectivity index (χ3n) is 3.19. The van der Waals surface area contributed by atoms with E-state index in [9.17, 15) is 4.79 Å². The Balaban J connectivity index is -0.000000347. The summed E-state index contributed by atoms with van der Waals surface area (Å²) >= 11 is 0. The SMILES string of the molecule is Br.C=C(CC)C(=O)O.CCCCCCCCCCN(C)C. The van der Waals surface area contributed by atoms with E-state index in [0.717, 1.165) is 0 Å². The van der Waals surface area contributed by atoms with Gasteiger partial charge in [0.05, 0.1) is 0 Å². The minimum atomic E-state index is -0.900. The minimum absolute atomic E-state index is 0. The van der Waals surface area contributed by atoms with Gasteiger partial charge >= 0.3 is 5.97 Å². The summed E-state index contributed by atoms with van der Waals surface area (Å²) in [4.78, 5) is 12.1. The molecule has 0 saturated carbocycles. The fourth-order valence-electron chi connectivity index (χ4n) is 1.71. The van der Waals surface area contributed by atoms with Gasteiger partial charge in [0.1, 0.15) is 0 Å². The van der Waals surface area contributed by atoms with Crippen LogP contribution in [0.5, 0.6) is 0 Å². The highest BCUT2D eigenvalue weighted by Crippen LogP contribution is 2.08. The lowest BCUT2D eigenvalue weighted by atomic mass is 10.1. The molecule has 0 aromatic rings. The summed E-state index contributed by atoms with van der Waals surface area (Å²) in [6.07, 6.45) is 11.9. The summed E-state index contributed by atoms with van der Waals surface area (Å²) in [5.74, 6) is -0.900. The first-order valence-corrected chi connectivity index (χ1v) is 8.01. The van der Waals surface area contributed by atoms with E-state index in [2.05, 4.69) is 32.5 Å². The molecule has 0 aromatic heterocycles. The Morgan fingerprint density at radius 3 is 1.67 bits per heavy atom. The molecule has 0 fully saturated rings. The smallest absolute Gasteiger partial charge is 0.330 e. The molecule has 0 aliphatic heterocycles. The average Bonchev–Trinajstić information content (AvgIpc) is 2.41. The molecule has 0 rings (SSSR count). The van der Waals surface area contributed by atoms with E-state index in [4.69, 9.17) is 5.11 Å². The molecular weight excluding hydrogens is 330 g/mol. The quantitative estimate of drug-likeness (QED) is 0.398. The molecule has 4 heteroatoms. The molecule has 0 amide bonds. The van der Waals surface area contributed by atoms with Crippen LogP contribution in [0.25, 0.3) is 0 Å². The number of hydrogen-bond donors (Lipinski definition) is 1. The van der Waals surface area contributed by atoms with Crippen LogP contribution in [0.1, 0.15) is 71.6 Å². The van der Waals surface area contributed by atoms with Crippen LogP contribution >= 0.6 is 17.0 Å². The second kappa shape index (κ2) is 19.7. The van der Waals surface area contributed by atoms with Crippen molar-refractivity contribution in [1.82, 2.24) is 4.90 Å². The van der Waals surface area contributed by atoms with Gasteiger partial charge in [0.25, 0.3) is 0 Å². The highest BCUT2D eigenvalue weighted by molar-refractivity contribution is 8.93. The van der Waals surface area contributed by atoms with Gasteiger partial charge in [-0.15, -0.1) is 17.0 Å². The average molecular weight is 366 g/mol. The number of carbonyl (C=O) groups is 1. The summed E-state index contributed by atoms with van der Waals surface area (Å²) in [5.41, 5.74) is 0.264. The number of unbranched alkanes of at least 4 members (excludes halogenated alkanes) is 7. The monoisotopic (exact) mass is 365 g/mol. The Morgan fingerprint density at radius 1 is 0.952 bits per heavy atom. The lowest BCUT2D eigenvalue weighted by molar-refractivity contribution is -0.132. The van der Waals surface area contributed by atoms with Crippen LogP contribution in [-0.2, 0) is 4.79 Å². The fraction of sp³-hybridized carbons (Fsp3) is 0.824. The molecule has 0 aromatic carbocycles. The lowest BCUT2D eigenvalue weighted by Crippen LogP contribution is -2.12. The molecule has 21 heavy (non-hydrogen) atoms. The summed E-state index contributed by atoms with van der Waals surface area (Å²) in [5, 5.41) is 8.08. The van der Waals surface area contributed by atoms with Crippen LogP contribution in [0, 0.1) is 0 Å². The Bertz CT molecular complexity index is 243. The van der Waals surface area contributed by atoms with Crippen LogP contribution in [0.4, 0.5) is 0 Å². The predicted molar refractivity (Wildman–Crippen MR) is 98.6 cm³/mol. The number of carboxylic acids is 1. The Kier molecular flexibility index (Phi) is 23.9. The van der Waals surface area contributed by atoms with Crippen molar-refractivity contribution in [3.8, 4) is 0 Å². The second-order valence-electron chi connectivity index (χ2n) is 5.54. The third-order valence-corrected chi connectivity index (χ3v) is 3.19. The molecule has 0 aliphatic rings. The van der Waals surface area contributed by atoms with E-state index in [1.807, 2.05) is 0 Å². The van der Waals surface area contributed by atoms with Crippen LogP contribution in [0.2, 0.25) is 0 Å². The van der Waals surface area contributed by atoms with Crippen molar-refractivity contribution in [1.29, 1.82) is 0 Å². The maximum Gasteiger partial charge on any atom is 0.330 e. The van der Waals surface area contributed by atoms with Crippen LogP contribution < -0.4 is 0 Å². The molecule has 0 spiro atoms. The first kappa shape index (κ1) is 25.6. The molecule has 0 atom stereocenters. The number of carboxylic acid groups (broad SMARTS) is 1. The van der Waals surface area contributed by atoms with Gasteiger partial charge in [0, 0.05) is 5.57 Å². The lowest BCUT2D eigenvalue weighted by Gasteiger charge is -2.08. The third kappa shape index (κ3) is 25.0. The van der Waals surface area contributed by atoms with Gasteiger partial charge in [0.2, 0.25) is 0 Å². The summed E-state index contributed by atoms with van der Waals surface area (Å²) < 4.78 is 0. The molecule has 1 N–H and O–H groups in total. The van der Waals surface area contributed by atoms with E-state index in [0.29, 0.717) is 6.42 Å². The number of rotatable bonds is 11. The zero-order valence-electron chi connectivity index (χ0n) is 14.5. The standard InChI is InChI=1S/C12H27N.C5H8O2.BrH/c1-4-5-6-7-8-9-10-11-12-13(2)3;1-3-4(2)5(6)7;/h4-12H2,1-3H3;2-3H2,1H3,(H,6,7);1H. The zero-order chi connectivity index (χ0) is 15.8. The summed E-state index contributed by atoms with van der Waals surface area (Å²) in [7, 11) is 4.31. The number of aliphatic carboxylic acids is 1. The number of halogens is 1. The molecule has 0 aliphatic carbocycles. The van der Waals surface area contributed by atoms with Gasteiger partial charge < -0.3 is 10.0 Å². The van der Waals surface area contributed by atoms with Gasteiger partial charge in [-0.1, -0.05) is 65.4 Å². The first-order chi connectivity index (χ1) is 9.45. The van der Waals surface area contributed by atoms with E-state index in [-0.39, 0.29) is 22.6 Å². The van der Waals surface area contributed by atoms with Gasteiger partial charge in [0.15, 0.2) is 0 Å². The summed E-state index contributed by atoms with van der Waals surface area (Å²) in [6.45, 7) is 8.57. The molecular formula is C17H36BrNO2. The Morgan fingerprint density at radius 2 is 1.38 bits per heavy atom. The molecule has 0 heterocycles. The van der Waals surface area contributed by atoms with Crippen molar-refractivity contribution in [2.45, 2.75) is 71.6 Å². The van der Waals surface area contributed by atoms with Gasteiger partial charge in [-0.05, 0) is 33.5 Å². The number of nitrogens with zero attached hydrogens (tertiary/aromatic N) is 1. The van der Waals surface area contributed by atoms with Crippen molar-refractivity contribution in [3.05, 3.63) is 12.2 Å². The molecule has 3 nitrogen and oxygen atoms in total. The Hall–Kier alpha value is -0.350. The summed E-state index contributed by atoms with van der Waals surface area (Å²) in [6, 6.07) is 0. The van der Waals surface area contributed by atoms with Crippen molar-refractivity contribution in [3.63, 3.8) is 0 Å². The first-order valence-electron chi connectivity index (χ1n) is 8.01. The molecule has 0 radical (unpaired) electrons. The largest absolute Gasteiger partial charge is 0.478 e. The fourth-order valence-corrected chi connectivity index (χ4v) is 1.71. The van der Waals surface area contributed by atoms with Crippen molar-refractivity contribution >= 4 is 23.0 Å². The van der Waals surface area contributed by atoms with E-state index in [1.165, 1.54) is 57.9 Å². The highest BCUT2D eigenvalue weighted by Gasteiger charge is 1.96. The molecule has 0 bridgehead atoms. The minimum Gasteiger partial charge on any atom is -0.478 e. The van der Waals surface area contributed by atoms with Crippen molar-refractivity contribution < 1.29 is 9.90 Å². The van der Waals surface area contributed by atoms with Gasteiger partial charge in [-0.2, -0.15) is 0 Å². The van der Waals surface area contributed by atoms with Gasteiger partial charge in [-0.25, -0.2) is 4.79 Å². The molecule has 0 saturated heterocycles. The maximum atomic E-state index is 9.83. The predicted octanol–water partition coefficient (Wildman–Crippen LogP) is 5.30. The zero-order valence-corrected chi connectivity index (χ0v) is 16.2. The van der Waals surface area contributed by atoms with Crippen molar-refractivity contribution in [2.24, 2.45) is 0 Å². The second-order valence-corrected chi connectivity index (χ2v) is 5.54.